The summed E-state index contributed by atoms with van der Waals surface area (Å²) in [6.07, 6.45) is 0. The fraction of sp³-hybridized carbons (Fsp3) is 0.267. The summed E-state index contributed by atoms with van der Waals surface area (Å²) < 4.78 is 0. The van der Waals surface area contributed by atoms with Gasteiger partial charge in [-0.1, -0.05) is 35.3 Å². The standard InChI is InChI=1S/C15H14Cl2N4O3/c16-10-9-11(18-14(10)17)15(22)20-7-5-19(6-8-20)12-3-1-2-4-13(12)21(23)24/h1-4,9,18H,5-8H2. The first kappa shape index (κ1) is 16.6. The molecule has 0 bridgehead atoms. The average molecular weight is 369 g/mol. The molecule has 0 radical (unpaired) electrons. The Morgan fingerprint density at radius 1 is 1.17 bits per heavy atom. The van der Waals surface area contributed by atoms with E-state index in [2.05, 4.69) is 4.98 Å². The van der Waals surface area contributed by atoms with Gasteiger partial charge in [0.05, 0.1) is 9.95 Å². The van der Waals surface area contributed by atoms with E-state index in [1.807, 2.05) is 4.90 Å². The van der Waals surface area contributed by atoms with Crippen LogP contribution in [0.2, 0.25) is 10.2 Å². The van der Waals surface area contributed by atoms with Gasteiger partial charge in [0.2, 0.25) is 0 Å². The van der Waals surface area contributed by atoms with Crippen LogP contribution in [-0.2, 0) is 0 Å². The number of hydrogen-bond donors (Lipinski definition) is 1. The first-order valence-corrected chi connectivity index (χ1v) is 8.04. The van der Waals surface area contributed by atoms with Crippen molar-refractivity contribution < 1.29 is 9.72 Å². The van der Waals surface area contributed by atoms with E-state index < -0.39 is 4.92 Å². The SMILES string of the molecule is O=C(c1cc(Cl)c(Cl)[nH]1)N1CCN(c2ccccc2[N+](=O)[O-])CC1. The number of nitro groups is 1. The molecule has 1 aromatic heterocycles. The lowest BCUT2D eigenvalue weighted by molar-refractivity contribution is -0.384. The molecule has 1 fully saturated rings. The van der Waals surface area contributed by atoms with E-state index in [9.17, 15) is 14.9 Å². The summed E-state index contributed by atoms with van der Waals surface area (Å²) in [7, 11) is 0. The third kappa shape index (κ3) is 3.18. The molecule has 1 aliphatic heterocycles. The minimum atomic E-state index is -0.393. The second-order valence-electron chi connectivity index (χ2n) is 5.37. The zero-order valence-electron chi connectivity index (χ0n) is 12.5. The number of aromatic nitrogens is 1. The topological polar surface area (TPSA) is 82.5 Å². The van der Waals surface area contributed by atoms with Crippen molar-refractivity contribution in [3.8, 4) is 0 Å². The molecule has 9 heteroatoms. The summed E-state index contributed by atoms with van der Waals surface area (Å²) >= 11 is 11.7. The van der Waals surface area contributed by atoms with Crippen molar-refractivity contribution in [2.24, 2.45) is 0 Å². The van der Waals surface area contributed by atoms with Crippen molar-refractivity contribution in [1.29, 1.82) is 0 Å². The Bertz CT molecular complexity index is 765. The highest BCUT2D eigenvalue weighted by molar-refractivity contribution is 6.41. The second kappa shape index (κ2) is 6.70. The van der Waals surface area contributed by atoms with Crippen LogP contribution in [0.4, 0.5) is 11.4 Å². The molecule has 1 saturated heterocycles. The lowest BCUT2D eigenvalue weighted by Gasteiger charge is -2.35. The lowest BCUT2D eigenvalue weighted by atomic mass is 10.2. The van der Waals surface area contributed by atoms with Crippen LogP contribution in [0.25, 0.3) is 0 Å². The first-order chi connectivity index (χ1) is 11.5. The number of nitrogens with zero attached hydrogens (tertiary/aromatic N) is 3. The number of hydrogen-bond acceptors (Lipinski definition) is 4. The number of aromatic amines is 1. The minimum absolute atomic E-state index is 0.0696. The van der Waals surface area contributed by atoms with Crippen LogP contribution < -0.4 is 4.90 Å². The Balaban J connectivity index is 1.70. The molecule has 1 amide bonds. The van der Waals surface area contributed by atoms with Gasteiger partial charge in [-0.25, -0.2) is 0 Å². The van der Waals surface area contributed by atoms with Crippen LogP contribution in [0.3, 0.4) is 0 Å². The van der Waals surface area contributed by atoms with Crippen molar-refractivity contribution in [3.05, 3.63) is 56.3 Å². The highest BCUT2D eigenvalue weighted by Gasteiger charge is 2.26. The number of para-hydroxylation sites is 2. The number of carbonyl (C=O) groups is 1. The number of amides is 1. The number of nitrogens with one attached hydrogen (secondary N) is 1. The summed E-state index contributed by atoms with van der Waals surface area (Å²) in [6, 6.07) is 8.11. The van der Waals surface area contributed by atoms with Crippen LogP contribution in [0.5, 0.6) is 0 Å². The third-order valence-electron chi connectivity index (χ3n) is 3.94. The molecule has 0 unspecified atom stereocenters. The highest BCUT2D eigenvalue weighted by atomic mass is 35.5. The maximum Gasteiger partial charge on any atom is 0.292 e. The Morgan fingerprint density at radius 3 is 2.42 bits per heavy atom. The number of nitro benzene ring substituents is 1. The van der Waals surface area contributed by atoms with Gasteiger partial charge >= 0.3 is 0 Å². The van der Waals surface area contributed by atoms with Crippen molar-refractivity contribution in [1.82, 2.24) is 9.88 Å². The van der Waals surface area contributed by atoms with Gasteiger partial charge < -0.3 is 14.8 Å². The number of piperazine rings is 1. The molecule has 1 N–H and O–H groups in total. The molecule has 7 nitrogen and oxygen atoms in total. The van der Waals surface area contributed by atoms with E-state index >= 15 is 0 Å². The number of carbonyl (C=O) groups excluding carboxylic acids is 1. The Morgan fingerprint density at radius 2 is 1.83 bits per heavy atom. The molecule has 0 atom stereocenters. The second-order valence-corrected chi connectivity index (χ2v) is 6.16. The molecular weight excluding hydrogens is 355 g/mol. The molecule has 126 valence electrons. The molecule has 3 rings (SSSR count). The number of rotatable bonds is 3. The zero-order chi connectivity index (χ0) is 17.3. The molecule has 1 aromatic carbocycles. The van der Waals surface area contributed by atoms with Crippen LogP contribution in [0.1, 0.15) is 10.5 Å². The number of H-pyrrole nitrogens is 1. The van der Waals surface area contributed by atoms with Gasteiger partial charge in [0.15, 0.2) is 0 Å². The van der Waals surface area contributed by atoms with E-state index in [0.29, 0.717) is 42.6 Å². The molecular formula is C15H14Cl2N4O3. The third-order valence-corrected chi connectivity index (χ3v) is 4.63. The van der Waals surface area contributed by atoms with Gasteiger partial charge in [-0.2, -0.15) is 0 Å². The van der Waals surface area contributed by atoms with Gasteiger partial charge in [0.25, 0.3) is 11.6 Å². The summed E-state index contributed by atoms with van der Waals surface area (Å²) in [4.78, 5) is 29.5. The molecule has 0 aliphatic carbocycles. The van der Waals surface area contributed by atoms with Crippen LogP contribution >= 0.6 is 23.2 Å². The van der Waals surface area contributed by atoms with E-state index in [1.54, 1.807) is 23.1 Å². The van der Waals surface area contributed by atoms with E-state index in [0.717, 1.165) is 0 Å². The quantitative estimate of drug-likeness (QED) is 0.665. The van der Waals surface area contributed by atoms with Crippen molar-refractivity contribution in [2.75, 3.05) is 31.1 Å². The van der Waals surface area contributed by atoms with Crippen molar-refractivity contribution in [3.63, 3.8) is 0 Å². The fourth-order valence-electron chi connectivity index (χ4n) is 2.73. The average Bonchev–Trinajstić information content (AvgIpc) is 2.93. The Labute approximate surface area is 147 Å². The number of anilines is 1. The van der Waals surface area contributed by atoms with Gasteiger partial charge in [0, 0.05) is 32.2 Å². The largest absolute Gasteiger partial charge is 0.362 e. The van der Waals surface area contributed by atoms with Crippen LogP contribution in [0, 0.1) is 10.1 Å². The first-order valence-electron chi connectivity index (χ1n) is 7.29. The molecule has 0 saturated carbocycles. The molecule has 1 aliphatic rings. The summed E-state index contributed by atoms with van der Waals surface area (Å²) in [5, 5.41) is 11.7. The highest BCUT2D eigenvalue weighted by Crippen LogP contribution is 2.29. The van der Waals surface area contributed by atoms with Gasteiger partial charge in [-0.05, 0) is 12.1 Å². The normalized spacial score (nSPS) is 14.8. The monoisotopic (exact) mass is 368 g/mol. The Kier molecular flexibility index (Phi) is 4.64. The van der Waals surface area contributed by atoms with E-state index in [4.69, 9.17) is 23.2 Å². The zero-order valence-corrected chi connectivity index (χ0v) is 14.0. The number of halogens is 2. The van der Waals surface area contributed by atoms with Gasteiger partial charge in [-0.15, -0.1) is 0 Å². The van der Waals surface area contributed by atoms with Gasteiger partial charge in [-0.3, -0.25) is 14.9 Å². The van der Waals surface area contributed by atoms with Crippen LogP contribution in [0.15, 0.2) is 30.3 Å². The maximum atomic E-state index is 12.4. The van der Waals surface area contributed by atoms with Crippen molar-refractivity contribution in [2.45, 2.75) is 0 Å². The number of benzene rings is 1. The summed E-state index contributed by atoms with van der Waals surface area (Å²) in [5.74, 6) is -0.189. The molecule has 0 spiro atoms. The maximum absolute atomic E-state index is 12.4. The van der Waals surface area contributed by atoms with E-state index in [1.165, 1.54) is 12.1 Å². The molecule has 2 heterocycles. The fourth-order valence-corrected chi connectivity index (χ4v) is 3.04. The van der Waals surface area contributed by atoms with Crippen LogP contribution in [-0.4, -0.2) is 46.9 Å². The predicted molar refractivity (Wildman–Crippen MR) is 92.0 cm³/mol. The lowest BCUT2D eigenvalue weighted by Crippen LogP contribution is -2.49. The van der Waals surface area contributed by atoms with Crippen molar-refractivity contribution >= 4 is 40.5 Å². The summed E-state index contributed by atoms with van der Waals surface area (Å²) in [5.41, 5.74) is 0.977. The Hall–Kier alpha value is -2.25. The predicted octanol–water partition coefficient (Wildman–Crippen LogP) is 3.19. The molecule has 2 aromatic rings. The van der Waals surface area contributed by atoms with E-state index in [-0.39, 0.29) is 16.7 Å². The minimum Gasteiger partial charge on any atom is -0.362 e. The molecule has 24 heavy (non-hydrogen) atoms. The van der Waals surface area contributed by atoms with Gasteiger partial charge in [0.1, 0.15) is 16.5 Å². The smallest absolute Gasteiger partial charge is 0.292 e. The summed E-state index contributed by atoms with van der Waals surface area (Å²) in [6.45, 7) is 1.94.